The third kappa shape index (κ3) is 7.63. The van der Waals surface area contributed by atoms with Gasteiger partial charge in [0, 0.05) is 33.6 Å². The molecule has 222 valence electrons. The van der Waals surface area contributed by atoms with Crippen molar-refractivity contribution in [3.63, 3.8) is 0 Å². The second-order valence-corrected chi connectivity index (χ2v) is 13.5. The van der Waals surface area contributed by atoms with Gasteiger partial charge in [-0.15, -0.1) is 23.2 Å². The van der Waals surface area contributed by atoms with Gasteiger partial charge in [-0.25, -0.2) is 4.79 Å². The molecule has 2 N–H and O–H groups in total. The molecule has 7 nitrogen and oxygen atoms in total. The summed E-state index contributed by atoms with van der Waals surface area (Å²) in [5, 5.41) is 6.44. The van der Waals surface area contributed by atoms with E-state index in [1.807, 2.05) is 0 Å². The monoisotopic (exact) mass is 670 g/mol. The highest BCUT2D eigenvalue weighted by atomic mass is 35.5. The molecule has 12 heteroatoms. The first-order valence-corrected chi connectivity index (χ1v) is 14.6. The molecule has 3 aromatic carbocycles. The molecule has 0 bridgehead atoms. The molecular weight excluding hydrogens is 646 g/mol. The summed E-state index contributed by atoms with van der Waals surface area (Å²) < 4.78 is 9.29. The fraction of sp³-hybridized carbons (Fsp3) is 0.300. The summed E-state index contributed by atoms with van der Waals surface area (Å²) in [6.45, 7) is 5.25. The van der Waals surface area contributed by atoms with Gasteiger partial charge in [0.05, 0.1) is 23.7 Å². The average Bonchev–Trinajstić information content (AvgIpc) is 3.45. The van der Waals surface area contributed by atoms with Crippen molar-refractivity contribution in [2.75, 3.05) is 17.7 Å². The predicted molar refractivity (Wildman–Crippen MR) is 168 cm³/mol. The Balaban J connectivity index is 1.48. The Morgan fingerprint density at radius 3 is 2.19 bits per heavy atom. The molecule has 3 aromatic rings. The van der Waals surface area contributed by atoms with E-state index >= 15 is 0 Å². The van der Waals surface area contributed by atoms with E-state index in [9.17, 15) is 14.4 Å². The molecule has 0 aromatic heterocycles. The van der Waals surface area contributed by atoms with E-state index in [0.29, 0.717) is 38.3 Å². The predicted octanol–water partition coefficient (Wildman–Crippen LogP) is 8.95. The third-order valence-electron chi connectivity index (χ3n) is 6.38. The van der Waals surface area contributed by atoms with Crippen LogP contribution in [0, 0.1) is 5.92 Å². The first-order chi connectivity index (χ1) is 19.6. The number of benzene rings is 3. The topological polar surface area (TPSA) is 93.7 Å². The molecule has 1 aliphatic rings. The van der Waals surface area contributed by atoms with E-state index in [2.05, 4.69) is 10.6 Å². The van der Waals surface area contributed by atoms with Gasteiger partial charge < -0.3 is 14.8 Å². The Kier molecular flexibility index (Phi) is 9.60. The number of rotatable bonds is 8. The van der Waals surface area contributed by atoms with Gasteiger partial charge in [0.2, 0.25) is 5.91 Å². The Labute approximate surface area is 268 Å². The van der Waals surface area contributed by atoms with Gasteiger partial charge in [0.25, 0.3) is 0 Å². The van der Waals surface area contributed by atoms with Crippen LogP contribution in [0.1, 0.15) is 48.2 Å². The lowest BCUT2D eigenvalue weighted by molar-refractivity contribution is -0.117. The molecule has 0 radical (unpaired) electrons. The zero-order valence-electron chi connectivity index (χ0n) is 23.0. The molecular formula is C30H27Cl5N2O5. The van der Waals surface area contributed by atoms with Crippen molar-refractivity contribution in [2.24, 2.45) is 5.92 Å². The second-order valence-electron chi connectivity index (χ2n) is 10.8. The maximum atomic E-state index is 13.3. The number of anilines is 2. The van der Waals surface area contributed by atoms with Crippen LogP contribution in [0.15, 0.2) is 54.6 Å². The maximum Gasteiger partial charge on any atom is 0.412 e. The van der Waals surface area contributed by atoms with Gasteiger partial charge in [0.1, 0.15) is 15.7 Å². The molecule has 0 aliphatic heterocycles. The molecule has 0 saturated heterocycles. The number of ether oxygens (including phenoxy) is 2. The Morgan fingerprint density at radius 2 is 1.57 bits per heavy atom. The highest BCUT2D eigenvalue weighted by Gasteiger charge is 2.67. The SMILES string of the molecule is COc1ccc(CC(=O)c2cc(NC(=O)C3C(c4cc(Cl)cc(Cl)c4)C3(Cl)Cl)ccc2Cl)cc1NC(=O)OC(C)(C)C. The molecule has 2 atom stereocenters. The van der Waals surface area contributed by atoms with E-state index in [-0.39, 0.29) is 22.8 Å². The van der Waals surface area contributed by atoms with Gasteiger partial charge in [-0.2, -0.15) is 0 Å². The summed E-state index contributed by atoms with van der Waals surface area (Å²) in [6.07, 6.45) is -0.707. The molecule has 1 saturated carbocycles. The Morgan fingerprint density at radius 1 is 0.905 bits per heavy atom. The summed E-state index contributed by atoms with van der Waals surface area (Å²) in [7, 11) is 1.46. The number of nitrogens with one attached hydrogen (secondary N) is 2. The van der Waals surface area contributed by atoms with E-state index in [4.69, 9.17) is 67.5 Å². The second kappa shape index (κ2) is 12.5. The Bertz CT molecular complexity index is 1530. The van der Waals surface area contributed by atoms with Crippen LogP contribution >= 0.6 is 58.0 Å². The van der Waals surface area contributed by atoms with Crippen LogP contribution in [-0.4, -0.2) is 34.8 Å². The highest BCUT2D eigenvalue weighted by Crippen LogP contribution is 2.65. The molecule has 0 heterocycles. The van der Waals surface area contributed by atoms with E-state index < -0.39 is 33.8 Å². The molecule has 0 spiro atoms. The summed E-state index contributed by atoms with van der Waals surface area (Å²) in [6, 6.07) is 14.4. The van der Waals surface area contributed by atoms with Crippen molar-refractivity contribution in [3.05, 3.63) is 86.4 Å². The van der Waals surface area contributed by atoms with Crippen molar-refractivity contribution in [3.8, 4) is 5.75 Å². The van der Waals surface area contributed by atoms with Crippen LogP contribution in [-0.2, 0) is 16.0 Å². The van der Waals surface area contributed by atoms with Crippen LogP contribution in [0.5, 0.6) is 5.75 Å². The lowest BCUT2D eigenvalue weighted by atomic mass is 10.0. The van der Waals surface area contributed by atoms with Gasteiger partial charge in [0.15, 0.2) is 5.78 Å². The summed E-state index contributed by atoms with van der Waals surface area (Å²) in [4.78, 5) is 38.8. The zero-order valence-corrected chi connectivity index (χ0v) is 26.8. The lowest BCUT2D eigenvalue weighted by Crippen LogP contribution is -2.27. The smallest absolute Gasteiger partial charge is 0.412 e. The van der Waals surface area contributed by atoms with Crippen LogP contribution < -0.4 is 15.4 Å². The van der Waals surface area contributed by atoms with Crippen LogP contribution in [0.4, 0.5) is 16.2 Å². The van der Waals surface area contributed by atoms with Crippen molar-refractivity contribution in [1.82, 2.24) is 0 Å². The lowest BCUT2D eigenvalue weighted by Gasteiger charge is -2.20. The minimum atomic E-state index is -1.36. The maximum absolute atomic E-state index is 13.3. The number of alkyl halides is 2. The van der Waals surface area contributed by atoms with Gasteiger partial charge in [-0.3, -0.25) is 14.9 Å². The number of carbonyl (C=O) groups is 3. The first-order valence-electron chi connectivity index (χ1n) is 12.7. The highest BCUT2D eigenvalue weighted by molar-refractivity contribution is 6.53. The van der Waals surface area contributed by atoms with Crippen LogP contribution in [0.25, 0.3) is 0 Å². The summed E-state index contributed by atoms with van der Waals surface area (Å²) in [5.74, 6) is -1.65. The number of hydrogen-bond acceptors (Lipinski definition) is 5. The van der Waals surface area contributed by atoms with Gasteiger partial charge in [-0.05, 0) is 80.4 Å². The largest absolute Gasteiger partial charge is 0.495 e. The van der Waals surface area contributed by atoms with Gasteiger partial charge >= 0.3 is 6.09 Å². The van der Waals surface area contributed by atoms with Crippen molar-refractivity contribution >= 4 is 87.2 Å². The third-order valence-corrected chi connectivity index (χ3v) is 8.08. The van der Waals surface area contributed by atoms with Crippen LogP contribution in [0.3, 0.4) is 0 Å². The number of hydrogen-bond donors (Lipinski definition) is 2. The number of ketones is 1. The minimum Gasteiger partial charge on any atom is -0.495 e. The van der Waals surface area contributed by atoms with Gasteiger partial charge in [-0.1, -0.05) is 40.9 Å². The van der Waals surface area contributed by atoms with E-state index in [1.165, 1.54) is 19.2 Å². The number of carbonyl (C=O) groups excluding carboxylic acids is 3. The van der Waals surface area contributed by atoms with E-state index in [1.54, 1.807) is 63.2 Å². The summed E-state index contributed by atoms with van der Waals surface area (Å²) >= 11 is 31.5. The summed E-state index contributed by atoms with van der Waals surface area (Å²) in [5.41, 5.74) is 1.42. The normalized spacial score (nSPS) is 17.3. The first kappa shape index (κ1) is 32.2. The Hall–Kier alpha value is -2.68. The zero-order chi connectivity index (χ0) is 31.0. The molecule has 1 aliphatic carbocycles. The minimum absolute atomic E-state index is 0.0448. The fourth-order valence-electron chi connectivity index (χ4n) is 4.52. The molecule has 2 unspecified atom stereocenters. The standard InChI is InChI=1S/C30H27Cl5N2O5/c1-29(2,3)42-28(40)37-22-9-15(5-8-24(22)41-4)10-23(38)20-14-19(6-7-21(20)33)36-27(39)26-25(30(26,34)35)16-11-17(31)13-18(32)12-16/h5-9,11-14,25-26H,10H2,1-4H3,(H,36,39)(H,37,40). The van der Waals surface area contributed by atoms with Crippen LogP contribution in [0.2, 0.25) is 15.1 Å². The number of halogens is 5. The van der Waals surface area contributed by atoms with E-state index in [0.717, 1.165) is 0 Å². The van der Waals surface area contributed by atoms with Crippen molar-refractivity contribution < 1.29 is 23.9 Å². The number of amides is 2. The average molecular weight is 673 g/mol. The molecule has 2 amide bonds. The molecule has 1 fully saturated rings. The number of Topliss-reactive ketones (excluding diaryl/α,β-unsaturated/α-hetero) is 1. The van der Waals surface area contributed by atoms with Crippen molar-refractivity contribution in [2.45, 2.75) is 43.0 Å². The fourth-order valence-corrected chi connectivity index (χ4v) is 6.11. The number of methoxy groups -OCH3 is 1. The molecule has 4 rings (SSSR count). The molecule has 42 heavy (non-hydrogen) atoms. The van der Waals surface area contributed by atoms with Crippen molar-refractivity contribution in [1.29, 1.82) is 0 Å². The quantitative estimate of drug-likeness (QED) is 0.184.